The topological polar surface area (TPSA) is 37.6 Å². The normalized spacial score (nSPS) is 64.0. The van der Waals surface area contributed by atoms with Crippen molar-refractivity contribution in [3.63, 3.8) is 0 Å². The maximum atomic E-state index is 4.83. The Morgan fingerprint density at radius 2 is 1.83 bits per heavy atom. The van der Waals surface area contributed by atoms with Gasteiger partial charge in [0, 0.05) is 0 Å². The van der Waals surface area contributed by atoms with Gasteiger partial charge in [-0.1, -0.05) is 0 Å². The molecule has 1 aliphatic carbocycles. The summed E-state index contributed by atoms with van der Waals surface area (Å²) in [5.74, 6) is -0.167. The Bertz CT molecular complexity index is 107. The summed E-state index contributed by atoms with van der Waals surface area (Å²) in [6, 6.07) is 0. The number of rotatable bonds is 0. The van der Waals surface area contributed by atoms with Gasteiger partial charge in [-0.05, 0) is 0 Å². The monoisotopic (exact) mass is 86.0 g/mol. The van der Waals surface area contributed by atoms with Crippen LogP contribution in [-0.4, -0.2) is 18.0 Å². The lowest BCUT2D eigenvalue weighted by Gasteiger charge is -1.78. The predicted molar refractivity (Wildman–Crippen MR) is 13.6 cm³/mol. The molecule has 0 unspecified atom stereocenters. The van der Waals surface area contributed by atoms with E-state index in [4.69, 9.17) is 4.74 Å². The van der Waals surface area contributed by atoms with Crippen LogP contribution in [0.15, 0.2) is 0 Å². The molecule has 0 bridgehead atoms. The molecule has 3 fully saturated rings. The van der Waals surface area contributed by atoms with E-state index in [-0.39, 0.29) is 5.79 Å². The molecule has 32 valence electrons. The number of fused-ring (bicyclic) bond motifs is 3. The fraction of sp³-hybridized carbons (Fsp3) is 1.00. The van der Waals surface area contributed by atoms with Gasteiger partial charge in [0.05, 0.1) is 0 Å². The highest BCUT2D eigenvalue weighted by Crippen LogP contribution is 2.68. The summed E-state index contributed by atoms with van der Waals surface area (Å²) in [5.41, 5.74) is 0. The largest absolute Gasteiger partial charge is 0.357 e. The van der Waals surface area contributed by atoms with E-state index in [1.54, 1.807) is 0 Å². The third-order valence-electron chi connectivity index (χ3n) is 1.45. The molecular formula is C3H2O3. The van der Waals surface area contributed by atoms with Crippen molar-refractivity contribution >= 4 is 0 Å². The van der Waals surface area contributed by atoms with Gasteiger partial charge in [0.1, 0.15) is 0 Å². The Morgan fingerprint density at radius 3 is 1.83 bits per heavy atom. The van der Waals surface area contributed by atoms with Crippen LogP contribution in [0.2, 0.25) is 0 Å². The van der Waals surface area contributed by atoms with Crippen LogP contribution in [0.25, 0.3) is 0 Å². The van der Waals surface area contributed by atoms with Gasteiger partial charge in [-0.25, -0.2) is 0 Å². The molecule has 0 aromatic rings. The summed E-state index contributed by atoms with van der Waals surface area (Å²) < 4.78 is 4.83. The first-order chi connectivity index (χ1) is 2.93. The first-order valence-electron chi connectivity index (χ1n) is 1.96. The van der Waals surface area contributed by atoms with Crippen LogP contribution in [0, 0.1) is 0 Å². The minimum atomic E-state index is -0.167. The quantitative estimate of drug-likeness (QED) is 0.292. The van der Waals surface area contributed by atoms with E-state index in [9.17, 15) is 0 Å². The van der Waals surface area contributed by atoms with Crippen molar-refractivity contribution in [2.45, 2.75) is 18.0 Å². The van der Waals surface area contributed by atoms with E-state index in [0.717, 1.165) is 0 Å². The van der Waals surface area contributed by atoms with Gasteiger partial charge in [0.25, 0.3) is 5.79 Å². The van der Waals surface area contributed by atoms with Crippen molar-refractivity contribution in [2.75, 3.05) is 0 Å². The smallest absolute Gasteiger partial charge is 0.290 e. The maximum Gasteiger partial charge on any atom is 0.290 e. The maximum absolute atomic E-state index is 4.83. The summed E-state index contributed by atoms with van der Waals surface area (Å²) in [6.45, 7) is 0. The molecule has 3 nitrogen and oxygen atoms in total. The highest BCUT2D eigenvalue weighted by molar-refractivity contribution is 5.26. The van der Waals surface area contributed by atoms with Gasteiger partial charge in [-0.15, -0.1) is 0 Å². The highest BCUT2D eigenvalue weighted by Gasteiger charge is 2.94. The molecule has 6 heavy (non-hydrogen) atoms. The van der Waals surface area contributed by atoms with Gasteiger partial charge in [-0.2, -0.15) is 9.78 Å². The Labute approximate surface area is 33.7 Å². The van der Waals surface area contributed by atoms with E-state index in [0.29, 0.717) is 12.2 Å². The number of hydrogen-bond donors (Lipinski definition) is 0. The second kappa shape index (κ2) is 0.332. The molecule has 0 aromatic heterocycles. The van der Waals surface area contributed by atoms with Crippen molar-refractivity contribution in [1.29, 1.82) is 0 Å². The summed E-state index contributed by atoms with van der Waals surface area (Å²) in [5, 5.41) is 0. The fourth-order valence-corrected chi connectivity index (χ4v) is 0.753. The summed E-state index contributed by atoms with van der Waals surface area (Å²) in [4.78, 5) is 9.09. The van der Waals surface area contributed by atoms with E-state index in [2.05, 4.69) is 9.78 Å². The van der Waals surface area contributed by atoms with Crippen LogP contribution in [0.3, 0.4) is 0 Å². The van der Waals surface area contributed by atoms with Crippen LogP contribution < -0.4 is 0 Å². The minimum absolute atomic E-state index is 0.167. The van der Waals surface area contributed by atoms with E-state index in [1.807, 2.05) is 0 Å². The summed E-state index contributed by atoms with van der Waals surface area (Å²) >= 11 is 0. The highest BCUT2D eigenvalue weighted by atomic mass is 17.4. The third kappa shape index (κ3) is 0.0738. The molecule has 0 N–H and O–H groups in total. The zero-order valence-corrected chi connectivity index (χ0v) is 2.88. The Kier molecular flexibility index (Phi) is 0.125. The molecule has 1 saturated carbocycles. The van der Waals surface area contributed by atoms with Gasteiger partial charge in [0.2, 0.25) is 0 Å². The molecule has 2 atom stereocenters. The van der Waals surface area contributed by atoms with Gasteiger partial charge < -0.3 is 4.74 Å². The Morgan fingerprint density at radius 1 is 1.17 bits per heavy atom. The Hall–Kier alpha value is -0.120. The van der Waals surface area contributed by atoms with Crippen molar-refractivity contribution < 1.29 is 14.5 Å². The molecule has 0 radical (unpaired) electrons. The SMILES string of the molecule is O1[C@@H]2[C@H]1C21OO1. The van der Waals surface area contributed by atoms with Crippen molar-refractivity contribution in [3.8, 4) is 0 Å². The van der Waals surface area contributed by atoms with E-state index < -0.39 is 0 Å². The average Bonchev–Trinajstić information content (AvgIpc) is 2.30. The lowest BCUT2D eigenvalue weighted by molar-refractivity contribution is 0.0850. The molecule has 2 aliphatic heterocycles. The van der Waals surface area contributed by atoms with Crippen LogP contribution in [-0.2, 0) is 14.5 Å². The molecule has 2 heterocycles. The predicted octanol–water partition coefficient (Wildman–Crippen LogP) is -0.575. The lowest BCUT2D eigenvalue weighted by atomic mass is 10.7. The zero-order chi connectivity index (χ0) is 3.78. The second-order valence-corrected chi connectivity index (χ2v) is 1.87. The minimum Gasteiger partial charge on any atom is -0.357 e. The molecular weight excluding hydrogens is 84.0 g/mol. The molecule has 0 amide bonds. The second-order valence-electron chi connectivity index (χ2n) is 1.87. The van der Waals surface area contributed by atoms with Crippen LogP contribution in [0.4, 0.5) is 0 Å². The Balaban J connectivity index is 2.15. The lowest BCUT2D eigenvalue weighted by Crippen LogP contribution is -2.01. The van der Waals surface area contributed by atoms with Crippen molar-refractivity contribution in [1.82, 2.24) is 0 Å². The van der Waals surface area contributed by atoms with Gasteiger partial charge in [-0.3, -0.25) is 0 Å². The van der Waals surface area contributed by atoms with E-state index in [1.165, 1.54) is 0 Å². The molecule has 0 aromatic carbocycles. The molecule has 2 saturated heterocycles. The molecule has 3 heteroatoms. The van der Waals surface area contributed by atoms with Crippen LogP contribution >= 0.6 is 0 Å². The van der Waals surface area contributed by atoms with Crippen molar-refractivity contribution in [3.05, 3.63) is 0 Å². The van der Waals surface area contributed by atoms with Gasteiger partial charge in [0.15, 0.2) is 12.2 Å². The number of epoxide rings is 1. The third-order valence-corrected chi connectivity index (χ3v) is 1.45. The van der Waals surface area contributed by atoms with Gasteiger partial charge >= 0.3 is 0 Å². The average molecular weight is 86.0 g/mol. The zero-order valence-electron chi connectivity index (χ0n) is 2.88. The van der Waals surface area contributed by atoms with E-state index >= 15 is 0 Å². The molecule has 3 rings (SSSR count). The standard InChI is InChI=1S/C3H2O3/c4-1-2(4)3(1)5-6-3/h1-2H/t1-,2+. The number of hydrogen-bond acceptors (Lipinski definition) is 3. The van der Waals surface area contributed by atoms with Crippen LogP contribution in [0.5, 0.6) is 0 Å². The first kappa shape index (κ1) is 2.26. The van der Waals surface area contributed by atoms with Crippen LogP contribution in [0.1, 0.15) is 0 Å². The number of ether oxygens (including phenoxy) is 1. The summed E-state index contributed by atoms with van der Waals surface area (Å²) in [6.07, 6.45) is 0.662. The summed E-state index contributed by atoms with van der Waals surface area (Å²) in [7, 11) is 0. The fourth-order valence-electron chi connectivity index (χ4n) is 0.753. The molecule has 3 aliphatic rings. The van der Waals surface area contributed by atoms with Crippen molar-refractivity contribution in [2.24, 2.45) is 0 Å². The first-order valence-corrected chi connectivity index (χ1v) is 1.96. The molecule has 1 spiro atoms.